The summed E-state index contributed by atoms with van der Waals surface area (Å²) in [7, 11) is 0. The topological polar surface area (TPSA) is 33.1 Å². The van der Waals surface area contributed by atoms with Gasteiger partial charge in [-0.1, -0.05) is 15.9 Å². The van der Waals surface area contributed by atoms with E-state index < -0.39 is 0 Å². The molecule has 0 saturated heterocycles. The van der Waals surface area contributed by atoms with Crippen LogP contribution in [0, 0.1) is 13.8 Å². The second kappa shape index (κ2) is 4.82. The lowest BCUT2D eigenvalue weighted by molar-refractivity contribution is 0.462. The molecule has 0 aliphatic carbocycles. The number of halogens is 2. The van der Waals surface area contributed by atoms with Crippen LogP contribution in [0.5, 0.6) is 5.75 Å². The van der Waals surface area contributed by atoms with Crippen molar-refractivity contribution in [3.63, 3.8) is 0 Å². The van der Waals surface area contributed by atoms with Crippen LogP contribution in [0.15, 0.2) is 6.07 Å². The normalized spacial score (nSPS) is 9.25. The molecule has 1 aromatic heterocycles. The van der Waals surface area contributed by atoms with Crippen molar-refractivity contribution < 1.29 is 5.11 Å². The minimum absolute atomic E-state index is 0. The molecular formula is C8H11Br2NO. The van der Waals surface area contributed by atoms with Gasteiger partial charge in [-0.25, -0.2) is 0 Å². The predicted octanol–water partition coefficient (Wildman–Crippen LogP) is 2.88. The van der Waals surface area contributed by atoms with Crippen molar-refractivity contribution in [1.29, 1.82) is 0 Å². The second-order valence-corrected chi connectivity index (χ2v) is 3.05. The number of rotatable bonds is 1. The lowest BCUT2D eigenvalue weighted by Crippen LogP contribution is -1.90. The van der Waals surface area contributed by atoms with Crippen LogP contribution >= 0.6 is 32.9 Å². The van der Waals surface area contributed by atoms with E-state index in [4.69, 9.17) is 0 Å². The fraction of sp³-hybridized carbons (Fsp3) is 0.375. The molecule has 12 heavy (non-hydrogen) atoms. The van der Waals surface area contributed by atoms with Gasteiger partial charge in [0.25, 0.3) is 0 Å². The van der Waals surface area contributed by atoms with E-state index in [2.05, 4.69) is 20.9 Å². The van der Waals surface area contributed by atoms with Crippen LogP contribution in [0.1, 0.15) is 17.0 Å². The predicted molar refractivity (Wildman–Crippen MR) is 58.3 cm³/mol. The van der Waals surface area contributed by atoms with E-state index in [9.17, 15) is 5.11 Å². The highest BCUT2D eigenvalue weighted by molar-refractivity contribution is 9.08. The molecular weight excluding hydrogens is 286 g/mol. The number of nitrogens with zero attached hydrogens (tertiary/aromatic N) is 1. The zero-order chi connectivity index (χ0) is 8.43. The first-order valence-corrected chi connectivity index (χ1v) is 4.49. The smallest absolute Gasteiger partial charge is 0.140 e. The van der Waals surface area contributed by atoms with Gasteiger partial charge in [0.15, 0.2) is 0 Å². The highest BCUT2D eigenvalue weighted by Gasteiger charge is 2.04. The average Bonchev–Trinajstić information content (AvgIpc) is 1.96. The Labute approximate surface area is 90.9 Å². The van der Waals surface area contributed by atoms with E-state index in [1.807, 2.05) is 13.0 Å². The lowest BCUT2D eigenvalue weighted by atomic mass is 10.2. The summed E-state index contributed by atoms with van der Waals surface area (Å²) in [6, 6.07) is 1.87. The molecule has 0 radical (unpaired) electrons. The summed E-state index contributed by atoms with van der Waals surface area (Å²) in [6.07, 6.45) is 0. The molecule has 4 heteroatoms. The minimum atomic E-state index is 0. The van der Waals surface area contributed by atoms with Gasteiger partial charge >= 0.3 is 0 Å². The number of aryl methyl sites for hydroxylation is 2. The number of hydrogen-bond acceptors (Lipinski definition) is 2. The van der Waals surface area contributed by atoms with Crippen LogP contribution in [0.3, 0.4) is 0 Å². The van der Waals surface area contributed by atoms with Crippen molar-refractivity contribution in [2.24, 2.45) is 0 Å². The highest BCUT2D eigenvalue weighted by Crippen LogP contribution is 2.22. The van der Waals surface area contributed by atoms with Gasteiger partial charge in [-0.3, -0.25) is 4.98 Å². The van der Waals surface area contributed by atoms with Crippen molar-refractivity contribution in [3.8, 4) is 5.75 Å². The summed E-state index contributed by atoms with van der Waals surface area (Å²) in [5.41, 5.74) is 2.53. The van der Waals surface area contributed by atoms with Gasteiger partial charge < -0.3 is 5.11 Å². The van der Waals surface area contributed by atoms with Gasteiger partial charge in [0, 0.05) is 16.6 Å². The molecule has 1 aromatic rings. The SMILES string of the molecule is Br.Cc1cc(CBr)c(O)c(C)n1. The zero-order valence-corrected chi connectivity index (χ0v) is 10.3. The Morgan fingerprint density at radius 2 is 2.08 bits per heavy atom. The largest absolute Gasteiger partial charge is 0.506 e. The third-order valence-electron chi connectivity index (χ3n) is 1.52. The fourth-order valence-electron chi connectivity index (χ4n) is 1.00. The van der Waals surface area contributed by atoms with Gasteiger partial charge in [0.05, 0.1) is 5.69 Å². The Bertz CT molecular complexity index is 276. The Kier molecular flexibility index (Phi) is 4.78. The van der Waals surface area contributed by atoms with E-state index >= 15 is 0 Å². The summed E-state index contributed by atoms with van der Waals surface area (Å²) in [4.78, 5) is 4.11. The van der Waals surface area contributed by atoms with E-state index in [1.54, 1.807) is 6.92 Å². The maximum Gasteiger partial charge on any atom is 0.140 e. The molecule has 0 spiro atoms. The van der Waals surface area contributed by atoms with Crippen molar-refractivity contribution in [1.82, 2.24) is 4.98 Å². The molecule has 0 aliphatic rings. The van der Waals surface area contributed by atoms with Crippen LogP contribution in [-0.4, -0.2) is 10.1 Å². The van der Waals surface area contributed by atoms with E-state index in [0.29, 0.717) is 16.8 Å². The van der Waals surface area contributed by atoms with Crippen LogP contribution in [0.4, 0.5) is 0 Å². The monoisotopic (exact) mass is 295 g/mol. The third kappa shape index (κ3) is 2.45. The molecule has 1 N–H and O–H groups in total. The fourth-order valence-corrected chi connectivity index (χ4v) is 1.43. The maximum atomic E-state index is 9.43. The first kappa shape index (κ1) is 11.9. The van der Waals surface area contributed by atoms with Gasteiger partial charge in [-0.05, 0) is 19.9 Å². The van der Waals surface area contributed by atoms with Gasteiger partial charge in [0.1, 0.15) is 5.75 Å². The zero-order valence-electron chi connectivity index (χ0n) is 6.97. The molecule has 0 fully saturated rings. The summed E-state index contributed by atoms with van der Waals surface area (Å²) < 4.78 is 0. The molecule has 0 atom stereocenters. The van der Waals surface area contributed by atoms with Gasteiger partial charge in [-0.2, -0.15) is 0 Å². The number of aromatic hydroxyl groups is 1. The van der Waals surface area contributed by atoms with E-state index in [1.165, 1.54) is 0 Å². The van der Waals surface area contributed by atoms with Crippen molar-refractivity contribution in [2.75, 3.05) is 0 Å². The maximum absolute atomic E-state index is 9.43. The average molecular weight is 297 g/mol. The van der Waals surface area contributed by atoms with Gasteiger partial charge in [0.2, 0.25) is 0 Å². The molecule has 1 heterocycles. The van der Waals surface area contributed by atoms with E-state index in [-0.39, 0.29) is 17.0 Å². The Morgan fingerprint density at radius 3 is 2.58 bits per heavy atom. The Morgan fingerprint density at radius 1 is 1.50 bits per heavy atom. The van der Waals surface area contributed by atoms with Crippen molar-refractivity contribution in [3.05, 3.63) is 23.0 Å². The lowest BCUT2D eigenvalue weighted by Gasteiger charge is -2.04. The van der Waals surface area contributed by atoms with Gasteiger partial charge in [-0.15, -0.1) is 17.0 Å². The molecule has 2 nitrogen and oxygen atoms in total. The molecule has 0 amide bonds. The van der Waals surface area contributed by atoms with Crippen LogP contribution in [0.2, 0.25) is 0 Å². The standard InChI is InChI=1S/C8H10BrNO.BrH/c1-5-3-7(4-9)8(11)6(2)10-5;/h3,11H,4H2,1-2H3;1H. The summed E-state index contributed by atoms with van der Waals surface area (Å²) in [5.74, 6) is 0.299. The number of aromatic nitrogens is 1. The van der Waals surface area contributed by atoms with Crippen LogP contribution in [-0.2, 0) is 5.33 Å². The Balaban J connectivity index is 0.00000121. The third-order valence-corrected chi connectivity index (χ3v) is 2.12. The highest BCUT2D eigenvalue weighted by atomic mass is 79.9. The molecule has 0 bridgehead atoms. The first-order chi connectivity index (χ1) is 5.15. The summed E-state index contributed by atoms with van der Waals surface area (Å²) in [5, 5.41) is 10.1. The molecule has 0 aromatic carbocycles. The van der Waals surface area contributed by atoms with Crippen LogP contribution < -0.4 is 0 Å². The van der Waals surface area contributed by atoms with Crippen molar-refractivity contribution in [2.45, 2.75) is 19.2 Å². The molecule has 0 saturated carbocycles. The van der Waals surface area contributed by atoms with Crippen LogP contribution in [0.25, 0.3) is 0 Å². The number of alkyl halides is 1. The Hall–Kier alpha value is -0.0900. The van der Waals surface area contributed by atoms with Crippen molar-refractivity contribution >= 4 is 32.9 Å². The molecule has 1 rings (SSSR count). The molecule has 0 unspecified atom stereocenters. The number of hydrogen-bond donors (Lipinski definition) is 1. The molecule has 0 aliphatic heterocycles. The summed E-state index contributed by atoms with van der Waals surface area (Å²) in [6.45, 7) is 3.72. The number of pyridine rings is 1. The quantitative estimate of drug-likeness (QED) is 0.809. The van der Waals surface area contributed by atoms with E-state index in [0.717, 1.165) is 11.3 Å². The molecule has 68 valence electrons. The first-order valence-electron chi connectivity index (χ1n) is 3.37. The minimum Gasteiger partial charge on any atom is -0.506 e. The summed E-state index contributed by atoms with van der Waals surface area (Å²) >= 11 is 3.29. The second-order valence-electron chi connectivity index (χ2n) is 2.49.